The second-order valence-electron chi connectivity index (χ2n) is 5.07. The Labute approximate surface area is 121 Å². The van der Waals surface area contributed by atoms with Crippen molar-refractivity contribution in [3.63, 3.8) is 0 Å². The molecule has 2 aromatic carbocycles. The van der Waals surface area contributed by atoms with Crippen molar-refractivity contribution in [3.05, 3.63) is 69.8 Å². The number of hydrogen-bond donors (Lipinski definition) is 1. The fraction of sp³-hybridized carbons (Fsp3) is 0.278. The molecule has 0 bridgehead atoms. The number of aliphatic hydroxyl groups excluding tert-OH is 1. The zero-order chi connectivity index (χ0) is 15.1. The SMILES string of the molecule is Cc1ccc(C=O)c(C)c1.Cc1ccc(CO)c(C)c1. The molecule has 0 atom stereocenters. The minimum absolute atomic E-state index is 0.145. The fourth-order valence-corrected chi connectivity index (χ4v) is 1.98. The average molecular weight is 270 g/mol. The van der Waals surface area contributed by atoms with Gasteiger partial charge in [0.1, 0.15) is 6.29 Å². The van der Waals surface area contributed by atoms with E-state index in [0.717, 1.165) is 23.0 Å². The summed E-state index contributed by atoms with van der Waals surface area (Å²) < 4.78 is 0. The van der Waals surface area contributed by atoms with Gasteiger partial charge < -0.3 is 5.11 Å². The Morgan fingerprint density at radius 2 is 1.45 bits per heavy atom. The quantitative estimate of drug-likeness (QED) is 0.840. The molecule has 2 aromatic rings. The minimum Gasteiger partial charge on any atom is -0.392 e. The third-order valence-corrected chi connectivity index (χ3v) is 3.22. The van der Waals surface area contributed by atoms with Crippen molar-refractivity contribution in [3.8, 4) is 0 Å². The van der Waals surface area contributed by atoms with Gasteiger partial charge in [0.05, 0.1) is 6.61 Å². The molecule has 0 aliphatic carbocycles. The van der Waals surface area contributed by atoms with E-state index in [1.807, 2.05) is 58.0 Å². The first-order valence-corrected chi connectivity index (χ1v) is 6.67. The van der Waals surface area contributed by atoms with Crippen LogP contribution in [0, 0.1) is 27.7 Å². The third kappa shape index (κ3) is 4.63. The van der Waals surface area contributed by atoms with Gasteiger partial charge in [0.25, 0.3) is 0 Å². The van der Waals surface area contributed by atoms with Crippen molar-refractivity contribution >= 4 is 6.29 Å². The van der Waals surface area contributed by atoms with Gasteiger partial charge in [0.15, 0.2) is 0 Å². The summed E-state index contributed by atoms with van der Waals surface area (Å²) in [5, 5.41) is 8.81. The molecule has 0 saturated heterocycles. The Kier molecular flexibility index (Phi) is 6.13. The van der Waals surface area contributed by atoms with E-state index in [2.05, 4.69) is 6.07 Å². The van der Waals surface area contributed by atoms with Crippen LogP contribution in [0.1, 0.15) is 38.2 Å². The maximum atomic E-state index is 10.3. The van der Waals surface area contributed by atoms with Gasteiger partial charge in [-0.15, -0.1) is 0 Å². The van der Waals surface area contributed by atoms with E-state index in [-0.39, 0.29) is 6.61 Å². The van der Waals surface area contributed by atoms with Crippen LogP contribution >= 0.6 is 0 Å². The zero-order valence-corrected chi connectivity index (χ0v) is 12.6. The third-order valence-electron chi connectivity index (χ3n) is 3.22. The highest BCUT2D eigenvalue weighted by Crippen LogP contribution is 2.09. The molecule has 1 N–H and O–H groups in total. The van der Waals surface area contributed by atoms with Crippen LogP contribution in [0.3, 0.4) is 0 Å². The van der Waals surface area contributed by atoms with Crippen molar-refractivity contribution in [2.45, 2.75) is 34.3 Å². The van der Waals surface area contributed by atoms with Gasteiger partial charge in [0, 0.05) is 5.56 Å². The molecule has 20 heavy (non-hydrogen) atoms. The van der Waals surface area contributed by atoms with Crippen molar-refractivity contribution in [2.75, 3.05) is 0 Å². The molecule has 0 unspecified atom stereocenters. The van der Waals surface area contributed by atoms with Gasteiger partial charge in [-0.3, -0.25) is 4.79 Å². The first-order valence-electron chi connectivity index (χ1n) is 6.67. The van der Waals surface area contributed by atoms with Crippen molar-refractivity contribution < 1.29 is 9.90 Å². The summed E-state index contributed by atoms with van der Waals surface area (Å²) in [4.78, 5) is 10.3. The molecular formula is C18H22O2. The van der Waals surface area contributed by atoms with E-state index in [0.29, 0.717) is 0 Å². The Morgan fingerprint density at radius 1 is 0.900 bits per heavy atom. The van der Waals surface area contributed by atoms with Gasteiger partial charge >= 0.3 is 0 Å². The largest absolute Gasteiger partial charge is 0.392 e. The lowest BCUT2D eigenvalue weighted by Gasteiger charge is -2.01. The molecule has 2 nitrogen and oxygen atoms in total. The van der Waals surface area contributed by atoms with Crippen LogP contribution in [-0.2, 0) is 6.61 Å². The number of hydrogen-bond acceptors (Lipinski definition) is 2. The van der Waals surface area contributed by atoms with Gasteiger partial charge in [-0.05, 0) is 44.4 Å². The molecule has 106 valence electrons. The normalized spacial score (nSPS) is 9.65. The Morgan fingerprint density at radius 3 is 1.90 bits per heavy atom. The number of rotatable bonds is 2. The maximum Gasteiger partial charge on any atom is 0.150 e. The van der Waals surface area contributed by atoms with E-state index < -0.39 is 0 Å². The molecule has 0 radical (unpaired) electrons. The summed E-state index contributed by atoms with van der Waals surface area (Å²) in [5.41, 5.74) is 6.46. The second-order valence-corrected chi connectivity index (χ2v) is 5.07. The second kappa shape index (κ2) is 7.61. The molecule has 2 heteroatoms. The molecule has 0 aliphatic heterocycles. The standard InChI is InChI=1S/C9H12O.C9H10O/c2*1-7-3-4-9(6-10)8(2)5-7/h3-5,10H,6H2,1-2H3;3-6H,1-2H3. The summed E-state index contributed by atoms with van der Waals surface area (Å²) in [7, 11) is 0. The van der Waals surface area contributed by atoms with Crippen LogP contribution in [0.25, 0.3) is 0 Å². The molecule has 2 rings (SSSR count). The number of carbonyl (C=O) groups excluding carboxylic acids is 1. The van der Waals surface area contributed by atoms with E-state index in [4.69, 9.17) is 5.11 Å². The van der Waals surface area contributed by atoms with Gasteiger partial charge in [-0.2, -0.15) is 0 Å². The van der Waals surface area contributed by atoms with Gasteiger partial charge in [0.2, 0.25) is 0 Å². The van der Waals surface area contributed by atoms with Crippen molar-refractivity contribution in [1.29, 1.82) is 0 Å². The number of aldehydes is 1. The topological polar surface area (TPSA) is 37.3 Å². The molecular weight excluding hydrogens is 248 g/mol. The molecule has 0 saturated carbocycles. The summed E-state index contributed by atoms with van der Waals surface area (Å²) in [6.07, 6.45) is 0.884. The monoisotopic (exact) mass is 270 g/mol. The lowest BCUT2D eigenvalue weighted by Crippen LogP contribution is -1.87. The van der Waals surface area contributed by atoms with E-state index in [1.54, 1.807) is 0 Å². The first-order chi connectivity index (χ1) is 9.47. The predicted octanol–water partition coefficient (Wildman–Crippen LogP) is 3.91. The zero-order valence-electron chi connectivity index (χ0n) is 12.6. The highest BCUT2D eigenvalue weighted by Gasteiger charge is 1.94. The summed E-state index contributed by atoms with van der Waals surface area (Å²) >= 11 is 0. The molecule has 0 aromatic heterocycles. The summed E-state index contributed by atoms with van der Waals surface area (Å²) in [6.45, 7) is 8.16. The van der Waals surface area contributed by atoms with E-state index >= 15 is 0 Å². The van der Waals surface area contributed by atoms with Gasteiger partial charge in [-0.1, -0.05) is 47.5 Å². The van der Waals surface area contributed by atoms with Crippen LogP contribution < -0.4 is 0 Å². The van der Waals surface area contributed by atoms with E-state index in [1.165, 1.54) is 16.7 Å². The molecule has 0 fully saturated rings. The van der Waals surface area contributed by atoms with Crippen LogP contribution in [0.15, 0.2) is 36.4 Å². The van der Waals surface area contributed by atoms with Gasteiger partial charge in [-0.25, -0.2) is 0 Å². The highest BCUT2D eigenvalue weighted by atomic mass is 16.3. The number of aliphatic hydroxyl groups is 1. The van der Waals surface area contributed by atoms with Crippen LogP contribution in [0.2, 0.25) is 0 Å². The molecule has 0 heterocycles. The Bertz CT molecular complexity index is 586. The smallest absolute Gasteiger partial charge is 0.150 e. The lowest BCUT2D eigenvalue weighted by molar-refractivity contribution is 0.112. The molecule has 0 spiro atoms. The highest BCUT2D eigenvalue weighted by molar-refractivity contribution is 5.77. The predicted molar refractivity (Wildman–Crippen MR) is 83.1 cm³/mol. The minimum atomic E-state index is 0.145. The molecule has 0 aliphatic rings. The average Bonchev–Trinajstić information content (AvgIpc) is 2.40. The van der Waals surface area contributed by atoms with Crippen molar-refractivity contribution in [1.82, 2.24) is 0 Å². The number of benzene rings is 2. The summed E-state index contributed by atoms with van der Waals surface area (Å²) in [6, 6.07) is 11.8. The first kappa shape index (κ1) is 16.1. The Hall–Kier alpha value is -1.93. The number of aryl methyl sites for hydroxylation is 4. The molecule has 0 amide bonds. The lowest BCUT2D eigenvalue weighted by atomic mass is 10.1. The van der Waals surface area contributed by atoms with Crippen LogP contribution in [-0.4, -0.2) is 11.4 Å². The van der Waals surface area contributed by atoms with Crippen LogP contribution in [0.5, 0.6) is 0 Å². The Balaban J connectivity index is 0.000000200. The summed E-state index contributed by atoms with van der Waals surface area (Å²) in [5.74, 6) is 0. The van der Waals surface area contributed by atoms with Crippen molar-refractivity contribution in [2.24, 2.45) is 0 Å². The number of carbonyl (C=O) groups is 1. The van der Waals surface area contributed by atoms with E-state index in [9.17, 15) is 4.79 Å². The van der Waals surface area contributed by atoms with Crippen LogP contribution in [0.4, 0.5) is 0 Å². The fourth-order valence-electron chi connectivity index (χ4n) is 1.98. The maximum absolute atomic E-state index is 10.3.